The van der Waals surface area contributed by atoms with E-state index in [1.54, 1.807) is 12.4 Å². The van der Waals surface area contributed by atoms with Gasteiger partial charge in [0, 0.05) is 17.5 Å². The summed E-state index contributed by atoms with van der Waals surface area (Å²) in [7, 11) is 0. The van der Waals surface area contributed by atoms with Gasteiger partial charge in [0.25, 0.3) is 0 Å². The van der Waals surface area contributed by atoms with Crippen LogP contribution in [0.25, 0.3) is 22.2 Å². The Kier molecular flexibility index (Phi) is 3.44. The molecule has 0 atom stereocenters. The van der Waals surface area contributed by atoms with E-state index in [4.69, 9.17) is 0 Å². The van der Waals surface area contributed by atoms with Crippen LogP contribution in [-0.2, 0) is 0 Å². The molecule has 0 fully saturated rings. The minimum Gasteiger partial charge on any atom is -0.369 e. The van der Waals surface area contributed by atoms with Gasteiger partial charge in [-0.1, -0.05) is 18.2 Å². The highest BCUT2D eigenvalue weighted by molar-refractivity contribution is 5.85. The molecule has 0 radical (unpaired) electrons. The molecule has 21 heavy (non-hydrogen) atoms. The van der Waals surface area contributed by atoms with Crippen molar-refractivity contribution in [2.75, 3.05) is 11.9 Å². The monoisotopic (exact) mass is 275 g/mol. The third-order valence-corrected chi connectivity index (χ3v) is 3.10. The first-order valence-corrected chi connectivity index (χ1v) is 6.68. The molecule has 0 amide bonds. The summed E-state index contributed by atoms with van der Waals surface area (Å²) >= 11 is 0. The number of rotatable bonds is 3. The van der Waals surface area contributed by atoms with Crippen LogP contribution in [-0.4, -0.2) is 21.5 Å². The van der Waals surface area contributed by atoms with E-state index < -0.39 is 0 Å². The van der Waals surface area contributed by atoms with E-state index in [2.05, 4.69) is 26.3 Å². The predicted octanol–water partition coefficient (Wildman–Crippen LogP) is 3.00. The molecule has 0 bridgehead atoms. The summed E-state index contributed by atoms with van der Waals surface area (Å²) in [5, 5.41) is 13.4. The molecule has 1 N–H and O–H groups in total. The summed E-state index contributed by atoms with van der Waals surface area (Å²) in [4.78, 5) is 13.1. The molecule has 1 aromatic carbocycles. The Morgan fingerprint density at radius 1 is 1.19 bits per heavy atom. The molecule has 2 aromatic heterocycles. The van der Waals surface area contributed by atoms with Gasteiger partial charge in [0.05, 0.1) is 23.6 Å². The Labute approximate surface area is 122 Å². The number of para-hydroxylation sites is 1. The van der Waals surface area contributed by atoms with Gasteiger partial charge in [-0.05, 0) is 19.1 Å². The Morgan fingerprint density at radius 3 is 2.86 bits per heavy atom. The van der Waals surface area contributed by atoms with E-state index in [1.165, 1.54) is 0 Å². The number of nitrogens with zero attached hydrogens (tertiary/aromatic N) is 4. The molecule has 0 unspecified atom stereocenters. The normalized spacial score (nSPS) is 10.3. The number of nitriles is 1. The van der Waals surface area contributed by atoms with Crippen molar-refractivity contribution in [2.45, 2.75) is 6.92 Å². The first kappa shape index (κ1) is 13.0. The maximum Gasteiger partial charge on any atom is 0.150 e. The van der Waals surface area contributed by atoms with Crippen LogP contribution in [0, 0.1) is 11.3 Å². The van der Waals surface area contributed by atoms with Crippen molar-refractivity contribution in [3.8, 4) is 17.3 Å². The maximum absolute atomic E-state index is 9.34. The Hall–Kier alpha value is -3.00. The zero-order chi connectivity index (χ0) is 14.7. The second-order valence-electron chi connectivity index (χ2n) is 4.51. The summed E-state index contributed by atoms with van der Waals surface area (Å²) in [6, 6.07) is 11.8. The van der Waals surface area contributed by atoms with Gasteiger partial charge in [0.2, 0.25) is 0 Å². The zero-order valence-electron chi connectivity index (χ0n) is 11.5. The van der Waals surface area contributed by atoms with Crippen molar-refractivity contribution in [3.05, 3.63) is 48.4 Å². The van der Waals surface area contributed by atoms with Gasteiger partial charge in [-0.25, -0.2) is 9.97 Å². The fourth-order valence-electron chi connectivity index (χ4n) is 2.16. The average Bonchev–Trinajstić information content (AvgIpc) is 2.54. The van der Waals surface area contributed by atoms with Crippen LogP contribution in [0.15, 0.2) is 42.7 Å². The molecule has 3 rings (SSSR count). The van der Waals surface area contributed by atoms with E-state index in [1.807, 2.05) is 37.3 Å². The number of benzene rings is 1. The molecule has 0 spiro atoms. The van der Waals surface area contributed by atoms with Crippen LogP contribution in [0.4, 0.5) is 5.82 Å². The first-order valence-electron chi connectivity index (χ1n) is 6.68. The minimum absolute atomic E-state index is 0.358. The maximum atomic E-state index is 9.34. The average molecular weight is 275 g/mol. The van der Waals surface area contributed by atoms with Crippen LogP contribution in [0.5, 0.6) is 0 Å². The number of nitrogens with one attached hydrogen (secondary N) is 1. The van der Waals surface area contributed by atoms with E-state index in [9.17, 15) is 5.26 Å². The number of hydrogen-bond donors (Lipinski definition) is 1. The molecular weight excluding hydrogens is 262 g/mol. The molecule has 5 heteroatoms. The van der Waals surface area contributed by atoms with Crippen molar-refractivity contribution in [1.29, 1.82) is 5.26 Å². The summed E-state index contributed by atoms with van der Waals surface area (Å²) in [5.41, 5.74) is 2.50. The largest absolute Gasteiger partial charge is 0.369 e. The van der Waals surface area contributed by atoms with E-state index in [-0.39, 0.29) is 0 Å². The molecule has 2 heterocycles. The van der Waals surface area contributed by atoms with Crippen LogP contribution in [0.2, 0.25) is 0 Å². The van der Waals surface area contributed by atoms with E-state index >= 15 is 0 Å². The fraction of sp³-hybridized carbons (Fsp3) is 0.125. The molecule has 0 aliphatic rings. The topological polar surface area (TPSA) is 74.5 Å². The van der Waals surface area contributed by atoms with Crippen molar-refractivity contribution >= 4 is 16.7 Å². The Morgan fingerprint density at radius 2 is 2.05 bits per heavy atom. The Balaban J connectivity index is 2.19. The third kappa shape index (κ3) is 2.51. The lowest BCUT2D eigenvalue weighted by Crippen LogP contribution is -2.01. The van der Waals surface area contributed by atoms with Crippen molar-refractivity contribution in [1.82, 2.24) is 15.0 Å². The minimum atomic E-state index is 0.358. The SMILES string of the molecule is CCNc1cncc(-c2cc3ccccc3nc2C#N)n1. The van der Waals surface area contributed by atoms with Crippen molar-refractivity contribution < 1.29 is 0 Å². The summed E-state index contributed by atoms with van der Waals surface area (Å²) in [6.45, 7) is 2.76. The zero-order valence-corrected chi connectivity index (χ0v) is 11.5. The lowest BCUT2D eigenvalue weighted by Gasteiger charge is -2.07. The highest BCUT2D eigenvalue weighted by Gasteiger charge is 2.11. The van der Waals surface area contributed by atoms with Gasteiger partial charge >= 0.3 is 0 Å². The van der Waals surface area contributed by atoms with Crippen LogP contribution >= 0.6 is 0 Å². The number of anilines is 1. The van der Waals surface area contributed by atoms with Gasteiger partial charge < -0.3 is 5.32 Å². The summed E-state index contributed by atoms with van der Waals surface area (Å²) < 4.78 is 0. The van der Waals surface area contributed by atoms with Gasteiger partial charge in [-0.15, -0.1) is 0 Å². The second-order valence-corrected chi connectivity index (χ2v) is 4.51. The molecule has 102 valence electrons. The Bertz CT molecular complexity index is 835. The van der Waals surface area contributed by atoms with Gasteiger partial charge in [-0.3, -0.25) is 4.98 Å². The number of fused-ring (bicyclic) bond motifs is 1. The number of pyridine rings is 1. The molecule has 0 aliphatic carbocycles. The van der Waals surface area contributed by atoms with Crippen LogP contribution in [0.1, 0.15) is 12.6 Å². The molecule has 3 aromatic rings. The smallest absolute Gasteiger partial charge is 0.150 e. The third-order valence-electron chi connectivity index (χ3n) is 3.10. The highest BCUT2D eigenvalue weighted by atomic mass is 15.0. The highest BCUT2D eigenvalue weighted by Crippen LogP contribution is 2.25. The van der Waals surface area contributed by atoms with Crippen LogP contribution < -0.4 is 5.32 Å². The number of aromatic nitrogens is 3. The molecule has 0 saturated carbocycles. The van der Waals surface area contributed by atoms with E-state index in [0.717, 1.165) is 17.4 Å². The van der Waals surface area contributed by atoms with Gasteiger partial charge in [0.1, 0.15) is 11.9 Å². The predicted molar refractivity (Wildman–Crippen MR) is 81.6 cm³/mol. The van der Waals surface area contributed by atoms with Crippen molar-refractivity contribution in [3.63, 3.8) is 0 Å². The summed E-state index contributed by atoms with van der Waals surface area (Å²) in [6.07, 6.45) is 3.31. The molecule has 0 saturated heterocycles. The first-order chi connectivity index (χ1) is 10.3. The van der Waals surface area contributed by atoms with E-state index in [0.29, 0.717) is 22.8 Å². The standard InChI is InChI=1S/C16H13N5/c1-2-19-16-10-18-9-15(21-16)12-7-11-5-3-4-6-13(11)20-14(12)8-17/h3-7,9-10H,2H2,1H3,(H,19,21). The quantitative estimate of drug-likeness (QED) is 0.795. The van der Waals surface area contributed by atoms with Gasteiger partial charge in [-0.2, -0.15) is 5.26 Å². The lowest BCUT2D eigenvalue weighted by atomic mass is 10.1. The second kappa shape index (κ2) is 5.55. The summed E-state index contributed by atoms with van der Waals surface area (Å²) in [5.74, 6) is 0.687. The van der Waals surface area contributed by atoms with Gasteiger partial charge in [0.15, 0.2) is 5.69 Å². The fourth-order valence-corrected chi connectivity index (χ4v) is 2.16. The van der Waals surface area contributed by atoms with Crippen LogP contribution in [0.3, 0.4) is 0 Å². The number of hydrogen-bond acceptors (Lipinski definition) is 5. The molecule has 0 aliphatic heterocycles. The van der Waals surface area contributed by atoms with Crippen molar-refractivity contribution in [2.24, 2.45) is 0 Å². The molecular formula is C16H13N5. The molecule has 5 nitrogen and oxygen atoms in total. The lowest BCUT2D eigenvalue weighted by molar-refractivity contribution is 1.12.